The number of benzene rings is 1. The molecule has 0 bridgehead atoms. The Balaban J connectivity index is 1.98. The number of hydrazine groups is 1. The first-order chi connectivity index (χ1) is 9.47. The van der Waals surface area contributed by atoms with Crippen LogP contribution in [0, 0.1) is 17.4 Å². The monoisotopic (exact) mass is 384 g/mol. The lowest BCUT2D eigenvalue weighted by molar-refractivity contribution is 0.0845. The molecule has 0 aliphatic carbocycles. The lowest BCUT2D eigenvalue weighted by atomic mass is 10.2. The number of carbonyl (C=O) groups excluding carboxylic acids is 2. The molecule has 2 aromatic rings. The zero-order valence-electron chi connectivity index (χ0n) is 11.0. The zero-order chi connectivity index (χ0) is 14.7. The number of nitrogens with one attached hydrogen (secondary N) is 2. The van der Waals surface area contributed by atoms with Crippen LogP contribution in [-0.2, 0) is 0 Å². The van der Waals surface area contributed by atoms with Crippen LogP contribution >= 0.6 is 22.6 Å². The maximum Gasteiger partial charge on any atom is 0.273 e. The van der Waals surface area contributed by atoms with Crippen LogP contribution in [0.1, 0.15) is 32.2 Å². The summed E-state index contributed by atoms with van der Waals surface area (Å²) in [4.78, 5) is 23.7. The van der Waals surface area contributed by atoms with E-state index < -0.39 is 5.91 Å². The molecule has 20 heavy (non-hydrogen) atoms. The average Bonchev–Trinajstić information content (AvgIpc) is 2.75. The van der Waals surface area contributed by atoms with E-state index in [-0.39, 0.29) is 5.91 Å². The van der Waals surface area contributed by atoms with Crippen LogP contribution in [0.25, 0.3) is 0 Å². The van der Waals surface area contributed by atoms with E-state index in [0.717, 1.165) is 3.57 Å². The maximum atomic E-state index is 11.9. The highest BCUT2D eigenvalue weighted by Gasteiger charge is 2.14. The highest BCUT2D eigenvalue weighted by molar-refractivity contribution is 14.1. The van der Waals surface area contributed by atoms with Crippen LogP contribution in [0.4, 0.5) is 0 Å². The van der Waals surface area contributed by atoms with Crippen molar-refractivity contribution in [1.82, 2.24) is 10.9 Å². The van der Waals surface area contributed by atoms with Gasteiger partial charge in [0.15, 0.2) is 0 Å². The van der Waals surface area contributed by atoms with Crippen molar-refractivity contribution in [2.75, 3.05) is 0 Å². The molecule has 1 aromatic carbocycles. The fourth-order valence-corrected chi connectivity index (χ4v) is 2.07. The molecule has 0 atom stereocenters. The molecule has 0 saturated carbocycles. The average molecular weight is 384 g/mol. The second-order valence-corrected chi connectivity index (χ2v) is 5.49. The molecule has 2 rings (SSSR count). The number of carbonyl (C=O) groups is 2. The van der Waals surface area contributed by atoms with Crippen LogP contribution in [-0.4, -0.2) is 11.8 Å². The first-order valence-electron chi connectivity index (χ1n) is 5.90. The zero-order valence-corrected chi connectivity index (χ0v) is 13.1. The Morgan fingerprint density at radius 2 is 1.65 bits per heavy atom. The van der Waals surface area contributed by atoms with E-state index in [4.69, 9.17) is 4.42 Å². The molecule has 0 aliphatic rings. The number of amides is 2. The lowest BCUT2D eigenvalue weighted by Gasteiger charge is -2.06. The molecule has 0 fully saturated rings. The lowest BCUT2D eigenvalue weighted by Crippen LogP contribution is -2.41. The molecule has 0 aliphatic heterocycles. The van der Waals surface area contributed by atoms with Crippen molar-refractivity contribution in [1.29, 1.82) is 0 Å². The molecule has 2 N–H and O–H groups in total. The number of aryl methyl sites for hydroxylation is 2. The summed E-state index contributed by atoms with van der Waals surface area (Å²) in [6.45, 7) is 3.46. The Morgan fingerprint density at radius 1 is 1.05 bits per heavy atom. The number of halogens is 1. The normalized spacial score (nSPS) is 10.2. The first kappa shape index (κ1) is 14.6. The van der Waals surface area contributed by atoms with Crippen molar-refractivity contribution in [3.8, 4) is 0 Å². The smallest absolute Gasteiger partial charge is 0.273 e. The van der Waals surface area contributed by atoms with Gasteiger partial charge in [-0.2, -0.15) is 0 Å². The van der Waals surface area contributed by atoms with E-state index in [2.05, 4.69) is 33.4 Å². The molecule has 0 unspecified atom stereocenters. The maximum absolute atomic E-state index is 11.9. The fourth-order valence-electron chi connectivity index (χ4n) is 1.71. The van der Waals surface area contributed by atoms with E-state index in [0.29, 0.717) is 22.6 Å². The highest BCUT2D eigenvalue weighted by atomic mass is 127. The Hall–Kier alpha value is -1.83. The summed E-state index contributed by atoms with van der Waals surface area (Å²) < 4.78 is 6.30. The Kier molecular flexibility index (Phi) is 4.43. The second kappa shape index (κ2) is 6.08. The van der Waals surface area contributed by atoms with Crippen molar-refractivity contribution in [2.45, 2.75) is 13.8 Å². The van der Waals surface area contributed by atoms with E-state index >= 15 is 0 Å². The molecule has 104 valence electrons. The molecular formula is C14H13IN2O3. The van der Waals surface area contributed by atoms with Gasteiger partial charge in [0.1, 0.15) is 11.5 Å². The van der Waals surface area contributed by atoms with Crippen molar-refractivity contribution in [3.63, 3.8) is 0 Å². The van der Waals surface area contributed by atoms with E-state index in [1.54, 1.807) is 32.0 Å². The summed E-state index contributed by atoms with van der Waals surface area (Å²) in [5.74, 6) is 0.394. The van der Waals surface area contributed by atoms with Gasteiger partial charge >= 0.3 is 0 Å². The predicted molar refractivity (Wildman–Crippen MR) is 82.3 cm³/mol. The summed E-state index contributed by atoms with van der Waals surface area (Å²) >= 11 is 2.15. The summed E-state index contributed by atoms with van der Waals surface area (Å²) in [5.41, 5.74) is 5.62. The topological polar surface area (TPSA) is 71.3 Å². The van der Waals surface area contributed by atoms with Gasteiger partial charge < -0.3 is 4.42 Å². The van der Waals surface area contributed by atoms with Crippen molar-refractivity contribution in [3.05, 3.63) is 56.5 Å². The van der Waals surface area contributed by atoms with Crippen molar-refractivity contribution in [2.24, 2.45) is 0 Å². The van der Waals surface area contributed by atoms with Crippen LogP contribution in [0.3, 0.4) is 0 Å². The molecule has 0 saturated heterocycles. The highest BCUT2D eigenvalue weighted by Crippen LogP contribution is 2.13. The number of rotatable bonds is 2. The van der Waals surface area contributed by atoms with Gasteiger partial charge in [0.25, 0.3) is 11.8 Å². The minimum Gasteiger partial charge on any atom is -0.466 e. The van der Waals surface area contributed by atoms with Gasteiger partial charge in [0.05, 0.1) is 5.56 Å². The van der Waals surface area contributed by atoms with Crippen LogP contribution in [0.2, 0.25) is 0 Å². The van der Waals surface area contributed by atoms with E-state index in [1.165, 1.54) is 0 Å². The van der Waals surface area contributed by atoms with Gasteiger partial charge in [0, 0.05) is 9.13 Å². The first-order valence-corrected chi connectivity index (χ1v) is 6.98. The number of furan rings is 1. The molecule has 6 heteroatoms. The molecule has 5 nitrogen and oxygen atoms in total. The van der Waals surface area contributed by atoms with Crippen molar-refractivity contribution >= 4 is 34.4 Å². The van der Waals surface area contributed by atoms with Gasteiger partial charge in [-0.25, -0.2) is 0 Å². The van der Waals surface area contributed by atoms with Crippen LogP contribution < -0.4 is 10.9 Å². The number of hydrogen-bond acceptors (Lipinski definition) is 3. The van der Waals surface area contributed by atoms with Gasteiger partial charge in [-0.05, 0) is 66.8 Å². The van der Waals surface area contributed by atoms with Crippen LogP contribution in [0.5, 0.6) is 0 Å². The Bertz CT molecular complexity index is 647. The third-order valence-electron chi connectivity index (χ3n) is 2.68. The molecule has 0 radical (unpaired) electrons. The predicted octanol–water partition coefficient (Wildman–Crippen LogP) is 2.58. The standard InChI is InChI=1S/C14H13IN2O3/c1-8-7-12(9(2)20-8)14(19)17-16-13(18)10-3-5-11(15)6-4-10/h3-7H,1-2H3,(H,16,18)(H,17,19). The van der Waals surface area contributed by atoms with E-state index in [9.17, 15) is 9.59 Å². The van der Waals surface area contributed by atoms with Crippen LogP contribution in [0.15, 0.2) is 34.7 Å². The number of hydrogen-bond donors (Lipinski definition) is 2. The van der Waals surface area contributed by atoms with E-state index in [1.807, 2.05) is 12.1 Å². The summed E-state index contributed by atoms with van der Waals surface area (Å²) in [6.07, 6.45) is 0. The summed E-state index contributed by atoms with van der Waals surface area (Å²) in [6, 6.07) is 8.65. The largest absolute Gasteiger partial charge is 0.466 e. The minimum atomic E-state index is -0.404. The summed E-state index contributed by atoms with van der Waals surface area (Å²) in [7, 11) is 0. The van der Waals surface area contributed by atoms with Crippen molar-refractivity contribution < 1.29 is 14.0 Å². The van der Waals surface area contributed by atoms with Gasteiger partial charge in [0.2, 0.25) is 0 Å². The second-order valence-electron chi connectivity index (χ2n) is 4.24. The SMILES string of the molecule is Cc1cc(C(=O)NNC(=O)c2ccc(I)cc2)c(C)o1. The third kappa shape index (κ3) is 3.38. The van der Waals surface area contributed by atoms with Gasteiger partial charge in [-0.15, -0.1) is 0 Å². The Morgan fingerprint density at radius 3 is 2.20 bits per heavy atom. The molecular weight excluding hydrogens is 371 g/mol. The molecule has 0 spiro atoms. The van der Waals surface area contributed by atoms with Gasteiger partial charge in [-0.1, -0.05) is 0 Å². The van der Waals surface area contributed by atoms with Gasteiger partial charge in [-0.3, -0.25) is 20.4 Å². The fraction of sp³-hybridized carbons (Fsp3) is 0.143. The third-order valence-corrected chi connectivity index (χ3v) is 3.40. The minimum absolute atomic E-state index is 0.368. The summed E-state index contributed by atoms with van der Waals surface area (Å²) in [5, 5.41) is 0. The quantitative estimate of drug-likeness (QED) is 0.618. The Labute approximate surface area is 129 Å². The molecule has 1 aromatic heterocycles. The molecule has 1 heterocycles. The molecule has 2 amide bonds.